The maximum Gasteiger partial charge on any atom is 0.257 e. The summed E-state index contributed by atoms with van der Waals surface area (Å²) in [5, 5.41) is 10.4. The van der Waals surface area contributed by atoms with Crippen molar-refractivity contribution in [3.05, 3.63) is 64.9 Å². The lowest BCUT2D eigenvalue weighted by molar-refractivity contribution is -0.138. The molecule has 1 saturated heterocycles. The Kier molecular flexibility index (Phi) is 12.5. The summed E-state index contributed by atoms with van der Waals surface area (Å²) in [5.41, 5.74) is 3.22. The van der Waals surface area contributed by atoms with Gasteiger partial charge in [-0.2, -0.15) is 5.10 Å². The van der Waals surface area contributed by atoms with Crippen LogP contribution in [0.3, 0.4) is 0 Å². The first-order valence-electron chi connectivity index (χ1n) is 17.6. The van der Waals surface area contributed by atoms with Crippen molar-refractivity contribution in [3.63, 3.8) is 0 Å². The van der Waals surface area contributed by atoms with Gasteiger partial charge in [0, 0.05) is 57.7 Å². The van der Waals surface area contributed by atoms with Crippen molar-refractivity contribution in [1.82, 2.24) is 30.2 Å². The van der Waals surface area contributed by atoms with Gasteiger partial charge in [-0.25, -0.2) is 0 Å². The van der Waals surface area contributed by atoms with E-state index in [1.54, 1.807) is 40.6 Å². The molecule has 3 aliphatic rings. The molecule has 0 radical (unpaired) electrons. The number of nitrogens with one attached hydrogen (secondary N) is 2. The molecule has 0 unspecified atom stereocenters. The second-order valence-electron chi connectivity index (χ2n) is 13.1. The highest BCUT2D eigenvalue weighted by Gasteiger charge is 2.41. The molecule has 14 heteroatoms. The summed E-state index contributed by atoms with van der Waals surface area (Å²) in [5.74, 6) is 0.163. The van der Waals surface area contributed by atoms with Crippen LogP contribution in [0.1, 0.15) is 83.1 Å². The van der Waals surface area contributed by atoms with Crippen LogP contribution < -0.4 is 20.1 Å². The summed E-state index contributed by atoms with van der Waals surface area (Å²) in [7, 11) is 1.54. The van der Waals surface area contributed by atoms with Crippen molar-refractivity contribution in [1.29, 1.82) is 0 Å². The number of amides is 4. The van der Waals surface area contributed by atoms with Gasteiger partial charge >= 0.3 is 0 Å². The Morgan fingerprint density at radius 3 is 2.53 bits per heavy atom. The topological polar surface area (TPSA) is 165 Å². The van der Waals surface area contributed by atoms with E-state index in [9.17, 15) is 24.0 Å². The maximum absolute atomic E-state index is 13.7. The van der Waals surface area contributed by atoms with Gasteiger partial charge in [-0.05, 0) is 70.2 Å². The first-order chi connectivity index (χ1) is 24.5. The number of benzene rings is 1. The fourth-order valence-electron chi connectivity index (χ4n) is 6.81. The number of rotatable bonds is 6. The Morgan fingerprint density at radius 1 is 1.02 bits per heavy atom. The SMILES string of the molecule is COc1cc2ccc1O[C@H]1C[C@@H](C(=O)NCCCCN(C(=O)c3ccoc3)CCCNC(=O)CC2)N(C(=O)CCn2nc(C)c(C(C)=O)c2C)C1. The van der Waals surface area contributed by atoms with E-state index < -0.39 is 12.1 Å². The number of Topliss-reactive ketones (excluding diaryl/α,β-unsaturated/α-hetero) is 1. The van der Waals surface area contributed by atoms with Crippen LogP contribution in [-0.4, -0.2) is 101 Å². The second-order valence-corrected chi connectivity index (χ2v) is 13.1. The number of methoxy groups -OCH3 is 1. The average molecular weight is 705 g/mol. The smallest absolute Gasteiger partial charge is 0.257 e. The van der Waals surface area contributed by atoms with E-state index in [1.807, 2.05) is 19.1 Å². The molecule has 2 aromatic heterocycles. The minimum atomic E-state index is -0.753. The van der Waals surface area contributed by atoms with Gasteiger partial charge in [0.2, 0.25) is 17.7 Å². The van der Waals surface area contributed by atoms with E-state index in [-0.39, 0.29) is 61.8 Å². The standard InChI is InChI=1S/C37H48N6O8/c1-24-35(26(3)44)25(2)43(40-24)18-12-34(46)42-22-29-21-30(42)36(47)39-14-5-6-16-41(37(48)28-13-19-50-23-28)17-7-15-38-33(45)11-9-27-8-10-31(51-29)32(20-27)49-4/h8,10,13,19-20,23,29-30H,5-7,9,11-12,14-18,21-22H2,1-4H3,(H,38,45)(H,39,47)/t29-,30-/m0/s1. The number of carbonyl (C=O) groups is 5. The predicted molar refractivity (Wildman–Crippen MR) is 187 cm³/mol. The number of ether oxygens (including phenoxy) is 2. The predicted octanol–water partition coefficient (Wildman–Crippen LogP) is 3.23. The van der Waals surface area contributed by atoms with Crippen molar-refractivity contribution in [2.45, 2.75) is 84.4 Å². The molecule has 4 bridgehead atoms. The number of furan rings is 1. The third kappa shape index (κ3) is 9.35. The van der Waals surface area contributed by atoms with E-state index in [2.05, 4.69) is 15.7 Å². The Hall–Kier alpha value is -5.14. The van der Waals surface area contributed by atoms with E-state index >= 15 is 0 Å². The highest BCUT2D eigenvalue weighted by Crippen LogP contribution is 2.32. The van der Waals surface area contributed by atoms with Gasteiger partial charge < -0.3 is 34.3 Å². The van der Waals surface area contributed by atoms with Crippen LogP contribution in [0.5, 0.6) is 11.5 Å². The van der Waals surface area contributed by atoms with Crippen LogP contribution in [-0.2, 0) is 27.3 Å². The summed E-state index contributed by atoms with van der Waals surface area (Å²) < 4.78 is 18.8. The largest absolute Gasteiger partial charge is 0.493 e. The zero-order valence-corrected chi connectivity index (χ0v) is 29.9. The molecule has 14 nitrogen and oxygen atoms in total. The van der Waals surface area contributed by atoms with Crippen LogP contribution in [0.2, 0.25) is 0 Å². The summed E-state index contributed by atoms with van der Waals surface area (Å²) in [6.07, 6.45) is 5.36. The molecule has 0 saturated carbocycles. The van der Waals surface area contributed by atoms with Crippen molar-refractivity contribution in [2.24, 2.45) is 0 Å². The monoisotopic (exact) mass is 704 g/mol. The number of likely N-dealkylation sites (tertiary alicyclic amines) is 1. The number of nitrogens with zero attached hydrogens (tertiary/aromatic N) is 4. The molecule has 0 spiro atoms. The van der Waals surface area contributed by atoms with Gasteiger partial charge in [-0.3, -0.25) is 28.7 Å². The first kappa shape index (κ1) is 37.1. The summed E-state index contributed by atoms with van der Waals surface area (Å²) in [4.78, 5) is 68.6. The lowest BCUT2D eigenvalue weighted by atomic mass is 10.1. The van der Waals surface area contributed by atoms with Crippen LogP contribution in [0.25, 0.3) is 0 Å². The van der Waals surface area contributed by atoms with Crippen molar-refractivity contribution >= 4 is 29.4 Å². The fraction of sp³-hybridized carbons (Fsp3) is 0.514. The minimum Gasteiger partial charge on any atom is -0.493 e. The van der Waals surface area contributed by atoms with Gasteiger partial charge in [-0.1, -0.05) is 6.07 Å². The van der Waals surface area contributed by atoms with Crippen LogP contribution in [0.15, 0.2) is 41.2 Å². The fourth-order valence-corrected chi connectivity index (χ4v) is 6.81. The van der Waals surface area contributed by atoms with Gasteiger partial charge in [0.05, 0.1) is 36.7 Å². The quantitative estimate of drug-likeness (QED) is 0.367. The summed E-state index contributed by atoms with van der Waals surface area (Å²) in [6.45, 7) is 7.24. The number of aromatic nitrogens is 2. The Balaban J connectivity index is 1.32. The molecule has 5 heterocycles. The normalized spacial score (nSPS) is 19.4. The third-order valence-electron chi connectivity index (χ3n) is 9.46. The van der Waals surface area contributed by atoms with Crippen LogP contribution in [0.4, 0.5) is 0 Å². The Bertz CT molecular complexity index is 1720. The Labute approximate surface area is 297 Å². The molecule has 274 valence electrons. The number of carbonyl (C=O) groups excluding carboxylic acids is 5. The molecular weight excluding hydrogens is 656 g/mol. The molecular formula is C37H48N6O8. The van der Waals surface area contributed by atoms with Crippen molar-refractivity contribution in [2.75, 3.05) is 39.8 Å². The number of ketones is 1. The molecule has 2 N–H and O–H groups in total. The van der Waals surface area contributed by atoms with Crippen LogP contribution >= 0.6 is 0 Å². The second kappa shape index (κ2) is 17.2. The number of aryl methyl sites for hydroxylation is 3. The number of hydrogen-bond donors (Lipinski definition) is 2. The van der Waals surface area contributed by atoms with Gasteiger partial charge in [-0.15, -0.1) is 0 Å². The zero-order valence-electron chi connectivity index (χ0n) is 29.9. The molecule has 6 rings (SSSR count). The van der Waals surface area contributed by atoms with E-state index in [1.165, 1.54) is 19.5 Å². The zero-order chi connectivity index (χ0) is 36.5. The molecule has 2 atom stereocenters. The maximum atomic E-state index is 13.7. The van der Waals surface area contributed by atoms with Crippen molar-refractivity contribution < 1.29 is 37.9 Å². The lowest BCUT2D eigenvalue weighted by Gasteiger charge is -2.24. The lowest BCUT2D eigenvalue weighted by Crippen LogP contribution is -2.46. The Morgan fingerprint density at radius 2 is 1.80 bits per heavy atom. The highest BCUT2D eigenvalue weighted by atomic mass is 16.5. The van der Waals surface area contributed by atoms with E-state index in [0.717, 1.165) is 5.56 Å². The summed E-state index contributed by atoms with van der Waals surface area (Å²) in [6, 6.07) is 6.37. The van der Waals surface area contributed by atoms with Crippen LogP contribution in [0, 0.1) is 13.8 Å². The highest BCUT2D eigenvalue weighted by molar-refractivity contribution is 5.96. The molecule has 1 aromatic carbocycles. The summed E-state index contributed by atoms with van der Waals surface area (Å²) >= 11 is 0. The average Bonchev–Trinajstić information content (AvgIpc) is 3.86. The van der Waals surface area contributed by atoms with E-state index in [0.29, 0.717) is 85.9 Å². The molecule has 51 heavy (non-hydrogen) atoms. The van der Waals surface area contributed by atoms with Gasteiger partial charge in [0.25, 0.3) is 5.91 Å². The molecule has 3 aliphatic heterocycles. The first-order valence-corrected chi connectivity index (χ1v) is 17.6. The molecule has 1 fully saturated rings. The van der Waals surface area contributed by atoms with Gasteiger partial charge in [0.1, 0.15) is 18.4 Å². The van der Waals surface area contributed by atoms with E-state index in [4.69, 9.17) is 13.9 Å². The van der Waals surface area contributed by atoms with Crippen molar-refractivity contribution in [3.8, 4) is 11.5 Å². The molecule has 4 amide bonds. The molecule has 3 aromatic rings. The number of fused-ring (bicyclic) bond motifs is 15. The number of hydrogen-bond acceptors (Lipinski definition) is 9. The van der Waals surface area contributed by atoms with Gasteiger partial charge in [0.15, 0.2) is 17.3 Å². The minimum absolute atomic E-state index is 0.0798. The molecule has 0 aliphatic carbocycles. The third-order valence-corrected chi connectivity index (χ3v) is 9.46.